The van der Waals surface area contributed by atoms with Crippen LogP contribution in [-0.4, -0.2) is 32.6 Å². The van der Waals surface area contributed by atoms with Crippen molar-refractivity contribution in [2.24, 2.45) is 0 Å². The predicted molar refractivity (Wildman–Crippen MR) is 97.4 cm³/mol. The molecule has 0 aliphatic rings. The van der Waals surface area contributed by atoms with Crippen LogP contribution >= 0.6 is 11.3 Å². The van der Waals surface area contributed by atoms with Gasteiger partial charge in [-0.1, -0.05) is 0 Å². The van der Waals surface area contributed by atoms with E-state index in [1.165, 1.54) is 11.3 Å². The van der Waals surface area contributed by atoms with Gasteiger partial charge in [-0.05, 0) is 36.6 Å². The fourth-order valence-electron chi connectivity index (χ4n) is 2.35. The monoisotopic (exact) mass is 362 g/mol. The highest BCUT2D eigenvalue weighted by Gasteiger charge is 2.15. The summed E-state index contributed by atoms with van der Waals surface area (Å²) in [6.45, 7) is 2.15. The van der Waals surface area contributed by atoms with Crippen LogP contribution in [0.15, 0.2) is 35.0 Å². The van der Waals surface area contributed by atoms with E-state index < -0.39 is 0 Å². The van der Waals surface area contributed by atoms with Gasteiger partial charge in [-0.3, -0.25) is 9.59 Å². The van der Waals surface area contributed by atoms with E-state index in [1.54, 1.807) is 37.8 Å². The maximum Gasteiger partial charge on any atom is 0.252 e. The van der Waals surface area contributed by atoms with E-state index in [4.69, 9.17) is 9.47 Å². The quantitative estimate of drug-likeness (QED) is 0.757. The van der Waals surface area contributed by atoms with Crippen LogP contribution in [0.5, 0.6) is 11.5 Å². The number of amides is 2. The summed E-state index contributed by atoms with van der Waals surface area (Å²) in [4.78, 5) is 23.9. The Morgan fingerprint density at radius 2 is 2.00 bits per heavy atom. The third-order valence-electron chi connectivity index (χ3n) is 3.70. The molecule has 0 saturated carbocycles. The molecule has 1 aromatic heterocycles. The maximum atomic E-state index is 12.1. The molecule has 2 N–H and O–H groups in total. The highest BCUT2D eigenvalue weighted by Crippen LogP contribution is 2.29. The van der Waals surface area contributed by atoms with Crippen molar-refractivity contribution in [3.8, 4) is 11.5 Å². The predicted octanol–water partition coefficient (Wildman–Crippen LogP) is 2.76. The van der Waals surface area contributed by atoms with Crippen molar-refractivity contribution in [1.82, 2.24) is 10.6 Å². The summed E-state index contributed by atoms with van der Waals surface area (Å²) in [5, 5.41) is 9.25. The molecule has 1 heterocycles. The van der Waals surface area contributed by atoms with Crippen molar-refractivity contribution >= 4 is 23.2 Å². The first kappa shape index (κ1) is 18.8. The standard InChI is InChI=1S/C18H22N2O4S/c1-12(15-10-14(23-2)4-5-16(15)24-3)20-17(21)6-8-19-18(22)13-7-9-25-11-13/h4-5,7,9-12H,6,8H2,1-3H3,(H,19,22)(H,20,21)/t12-/m0/s1. The van der Waals surface area contributed by atoms with Crippen LogP contribution in [0, 0.1) is 0 Å². The molecule has 0 bridgehead atoms. The summed E-state index contributed by atoms with van der Waals surface area (Å²) in [5.41, 5.74) is 1.44. The molecule has 0 spiro atoms. The minimum Gasteiger partial charge on any atom is -0.497 e. The first-order valence-electron chi connectivity index (χ1n) is 7.86. The lowest BCUT2D eigenvalue weighted by molar-refractivity contribution is -0.121. The zero-order valence-electron chi connectivity index (χ0n) is 14.5. The van der Waals surface area contributed by atoms with Crippen molar-refractivity contribution in [3.63, 3.8) is 0 Å². The van der Waals surface area contributed by atoms with Crippen molar-refractivity contribution in [1.29, 1.82) is 0 Å². The number of ether oxygens (including phenoxy) is 2. The molecule has 0 saturated heterocycles. The smallest absolute Gasteiger partial charge is 0.252 e. The highest BCUT2D eigenvalue weighted by atomic mass is 32.1. The molecule has 2 aromatic rings. The topological polar surface area (TPSA) is 76.7 Å². The Labute approximate surface area is 151 Å². The van der Waals surface area contributed by atoms with E-state index in [9.17, 15) is 9.59 Å². The van der Waals surface area contributed by atoms with Crippen LogP contribution in [0.25, 0.3) is 0 Å². The first-order chi connectivity index (χ1) is 12.0. The van der Waals surface area contributed by atoms with Gasteiger partial charge in [-0.15, -0.1) is 0 Å². The van der Waals surface area contributed by atoms with E-state index in [0.717, 1.165) is 5.56 Å². The van der Waals surface area contributed by atoms with Crippen molar-refractivity contribution < 1.29 is 19.1 Å². The lowest BCUT2D eigenvalue weighted by Crippen LogP contribution is -2.32. The summed E-state index contributed by atoms with van der Waals surface area (Å²) in [6, 6.07) is 6.94. The largest absolute Gasteiger partial charge is 0.497 e. The molecule has 0 radical (unpaired) electrons. The van der Waals surface area contributed by atoms with Crippen LogP contribution in [0.3, 0.4) is 0 Å². The minimum atomic E-state index is -0.245. The fraction of sp³-hybridized carbons (Fsp3) is 0.333. The Kier molecular flexibility index (Phi) is 6.82. The molecule has 2 amide bonds. The Balaban J connectivity index is 1.86. The van der Waals surface area contributed by atoms with Gasteiger partial charge in [0.1, 0.15) is 11.5 Å². The van der Waals surface area contributed by atoms with Crippen molar-refractivity contribution in [2.45, 2.75) is 19.4 Å². The number of hydrogen-bond acceptors (Lipinski definition) is 5. The average molecular weight is 362 g/mol. The van der Waals surface area contributed by atoms with Gasteiger partial charge in [0.2, 0.25) is 5.91 Å². The number of nitrogens with one attached hydrogen (secondary N) is 2. The second kappa shape index (κ2) is 9.08. The maximum absolute atomic E-state index is 12.1. The molecule has 0 unspecified atom stereocenters. The summed E-state index contributed by atoms with van der Waals surface area (Å²) in [7, 11) is 3.17. The molecule has 1 aromatic carbocycles. The Bertz CT molecular complexity index is 716. The average Bonchev–Trinajstić information content (AvgIpc) is 3.15. The van der Waals surface area contributed by atoms with Crippen molar-refractivity contribution in [2.75, 3.05) is 20.8 Å². The Morgan fingerprint density at radius 1 is 1.20 bits per heavy atom. The molecule has 7 heteroatoms. The second-order valence-corrected chi connectivity index (χ2v) is 6.20. The molecule has 1 atom stereocenters. The van der Waals surface area contributed by atoms with E-state index in [0.29, 0.717) is 17.1 Å². The van der Waals surface area contributed by atoms with Gasteiger partial charge in [-0.2, -0.15) is 11.3 Å². The van der Waals surface area contributed by atoms with Gasteiger partial charge >= 0.3 is 0 Å². The van der Waals surface area contributed by atoms with E-state index in [2.05, 4.69) is 10.6 Å². The molecule has 2 rings (SSSR count). The lowest BCUT2D eigenvalue weighted by Gasteiger charge is -2.18. The number of carbonyl (C=O) groups is 2. The SMILES string of the molecule is COc1ccc(OC)c([C@H](C)NC(=O)CCNC(=O)c2ccsc2)c1. The van der Waals surface area contributed by atoms with Crippen LogP contribution in [0.2, 0.25) is 0 Å². The van der Waals surface area contributed by atoms with E-state index in [1.807, 2.05) is 18.4 Å². The van der Waals surface area contributed by atoms with Crippen molar-refractivity contribution in [3.05, 3.63) is 46.2 Å². The van der Waals surface area contributed by atoms with Gasteiger partial charge in [0.05, 0.1) is 20.3 Å². The Morgan fingerprint density at radius 3 is 2.64 bits per heavy atom. The number of benzene rings is 1. The van der Waals surface area contributed by atoms with Crippen LogP contribution in [0.4, 0.5) is 0 Å². The normalized spacial score (nSPS) is 11.5. The fourth-order valence-corrected chi connectivity index (χ4v) is 2.99. The van der Waals surface area contributed by atoms with Crippen LogP contribution < -0.4 is 20.1 Å². The van der Waals surface area contributed by atoms with Gasteiger partial charge in [0.15, 0.2) is 0 Å². The Hall–Kier alpha value is -2.54. The first-order valence-corrected chi connectivity index (χ1v) is 8.81. The molecule has 25 heavy (non-hydrogen) atoms. The third-order valence-corrected chi connectivity index (χ3v) is 4.39. The summed E-state index contributed by atoms with van der Waals surface area (Å²) in [6.07, 6.45) is 0.201. The van der Waals surface area contributed by atoms with Gasteiger partial charge in [0.25, 0.3) is 5.91 Å². The molecule has 0 aliphatic carbocycles. The number of methoxy groups -OCH3 is 2. The molecule has 134 valence electrons. The van der Waals surface area contributed by atoms with E-state index >= 15 is 0 Å². The third kappa shape index (κ3) is 5.22. The highest BCUT2D eigenvalue weighted by molar-refractivity contribution is 7.08. The molecular weight excluding hydrogens is 340 g/mol. The molecule has 6 nitrogen and oxygen atoms in total. The van der Waals surface area contributed by atoms with Gasteiger partial charge in [0, 0.05) is 29.5 Å². The van der Waals surface area contributed by atoms with Crippen LogP contribution in [-0.2, 0) is 4.79 Å². The summed E-state index contributed by atoms with van der Waals surface area (Å²) in [5.74, 6) is 1.05. The van der Waals surface area contributed by atoms with E-state index in [-0.39, 0.29) is 30.8 Å². The van der Waals surface area contributed by atoms with Gasteiger partial charge < -0.3 is 20.1 Å². The second-order valence-electron chi connectivity index (χ2n) is 5.42. The summed E-state index contributed by atoms with van der Waals surface area (Å²) < 4.78 is 10.6. The summed E-state index contributed by atoms with van der Waals surface area (Å²) >= 11 is 1.46. The molecular formula is C18H22N2O4S. The zero-order valence-corrected chi connectivity index (χ0v) is 15.3. The zero-order chi connectivity index (χ0) is 18.2. The molecule has 0 fully saturated rings. The number of thiophene rings is 1. The van der Waals surface area contributed by atoms with Crippen LogP contribution in [0.1, 0.15) is 35.3 Å². The minimum absolute atomic E-state index is 0.150. The number of hydrogen-bond donors (Lipinski definition) is 2. The van der Waals surface area contributed by atoms with Gasteiger partial charge in [-0.25, -0.2) is 0 Å². The lowest BCUT2D eigenvalue weighted by atomic mass is 10.1. The molecule has 0 aliphatic heterocycles. The number of carbonyl (C=O) groups excluding carboxylic acids is 2. The number of rotatable bonds is 8.